The van der Waals surface area contributed by atoms with E-state index in [-0.39, 0.29) is 6.04 Å². The first-order valence-electron chi connectivity index (χ1n) is 6.43. The lowest BCUT2D eigenvalue weighted by molar-refractivity contribution is 0.217. The molecule has 4 heteroatoms. The highest BCUT2D eigenvalue weighted by molar-refractivity contribution is 7.91. The molecule has 0 amide bonds. The van der Waals surface area contributed by atoms with Crippen LogP contribution in [0.2, 0.25) is 0 Å². The third kappa shape index (κ3) is 2.98. The van der Waals surface area contributed by atoms with Gasteiger partial charge in [0.05, 0.1) is 11.5 Å². The second kappa shape index (κ2) is 4.65. The summed E-state index contributed by atoms with van der Waals surface area (Å²) >= 11 is 0. The van der Waals surface area contributed by atoms with E-state index in [1.807, 2.05) is 0 Å². The van der Waals surface area contributed by atoms with Crippen molar-refractivity contribution in [1.82, 2.24) is 5.32 Å². The van der Waals surface area contributed by atoms with Crippen LogP contribution in [0.25, 0.3) is 0 Å². The van der Waals surface area contributed by atoms with Crippen molar-refractivity contribution in [2.75, 3.05) is 11.5 Å². The number of nitrogens with one attached hydrogen (secondary N) is 1. The highest BCUT2D eigenvalue weighted by Gasteiger charge is 2.32. The number of rotatable bonds is 2. The van der Waals surface area contributed by atoms with Crippen LogP contribution in [0.15, 0.2) is 0 Å². The van der Waals surface area contributed by atoms with Crippen LogP contribution < -0.4 is 5.32 Å². The summed E-state index contributed by atoms with van der Waals surface area (Å²) in [5, 5.41) is 3.56. The zero-order valence-corrected chi connectivity index (χ0v) is 11.1. The molecule has 1 saturated carbocycles. The van der Waals surface area contributed by atoms with Crippen LogP contribution >= 0.6 is 0 Å². The van der Waals surface area contributed by atoms with E-state index in [0.29, 0.717) is 23.5 Å². The second-order valence-corrected chi connectivity index (χ2v) is 8.00. The molecule has 0 aromatic heterocycles. The van der Waals surface area contributed by atoms with Crippen molar-refractivity contribution in [2.45, 2.75) is 51.6 Å². The molecule has 1 N–H and O–H groups in total. The molecule has 94 valence electrons. The lowest BCUT2D eigenvalue weighted by Gasteiger charge is -2.35. The van der Waals surface area contributed by atoms with Gasteiger partial charge in [0, 0.05) is 12.1 Å². The van der Waals surface area contributed by atoms with Gasteiger partial charge >= 0.3 is 0 Å². The average molecular weight is 245 g/mol. The minimum atomic E-state index is -2.74. The van der Waals surface area contributed by atoms with E-state index >= 15 is 0 Å². The molecule has 0 aromatic carbocycles. The van der Waals surface area contributed by atoms with Crippen molar-refractivity contribution in [3.8, 4) is 0 Å². The Labute approximate surface area is 98.9 Å². The molecule has 0 radical (unpaired) electrons. The monoisotopic (exact) mass is 245 g/mol. The third-order valence-corrected chi connectivity index (χ3v) is 5.88. The number of hydrogen-bond donors (Lipinski definition) is 1. The lowest BCUT2D eigenvalue weighted by atomic mass is 9.79. The first-order chi connectivity index (χ1) is 7.46. The van der Waals surface area contributed by atoms with E-state index in [4.69, 9.17) is 0 Å². The van der Waals surface area contributed by atoms with Crippen molar-refractivity contribution in [3.05, 3.63) is 0 Å². The first kappa shape index (κ1) is 12.4. The van der Waals surface area contributed by atoms with E-state index in [1.165, 1.54) is 19.3 Å². The first-order valence-corrected chi connectivity index (χ1v) is 8.25. The fourth-order valence-electron chi connectivity index (χ4n) is 3.14. The summed E-state index contributed by atoms with van der Waals surface area (Å²) in [5.74, 6) is 2.25. The van der Waals surface area contributed by atoms with E-state index < -0.39 is 9.84 Å². The van der Waals surface area contributed by atoms with Gasteiger partial charge in [-0.3, -0.25) is 0 Å². The molecule has 4 unspecified atom stereocenters. The third-order valence-electron chi connectivity index (χ3n) is 4.11. The van der Waals surface area contributed by atoms with Crippen LogP contribution in [0.5, 0.6) is 0 Å². The zero-order valence-electron chi connectivity index (χ0n) is 10.3. The van der Waals surface area contributed by atoms with Gasteiger partial charge in [0.2, 0.25) is 0 Å². The SMILES string of the molecule is CC1CCC(NC2CCS(=O)(=O)C2)C(C)C1. The van der Waals surface area contributed by atoms with E-state index in [0.717, 1.165) is 12.3 Å². The maximum Gasteiger partial charge on any atom is 0.151 e. The Morgan fingerprint density at radius 1 is 1.12 bits per heavy atom. The van der Waals surface area contributed by atoms with Gasteiger partial charge in [-0.25, -0.2) is 8.42 Å². The van der Waals surface area contributed by atoms with Gasteiger partial charge < -0.3 is 5.32 Å². The minimum absolute atomic E-state index is 0.214. The molecule has 2 rings (SSSR count). The summed E-state index contributed by atoms with van der Waals surface area (Å²) in [6, 6.07) is 0.750. The predicted octanol–water partition coefficient (Wildman–Crippen LogP) is 1.59. The average Bonchev–Trinajstić information content (AvgIpc) is 2.51. The summed E-state index contributed by atoms with van der Waals surface area (Å²) < 4.78 is 22.8. The molecule has 1 saturated heterocycles. The van der Waals surface area contributed by atoms with Crippen molar-refractivity contribution in [1.29, 1.82) is 0 Å². The molecule has 1 heterocycles. The van der Waals surface area contributed by atoms with Gasteiger partial charge in [-0.15, -0.1) is 0 Å². The largest absolute Gasteiger partial charge is 0.310 e. The van der Waals surface area contributed by atoms with Crippen LogP contribution in [-0.4, -0.2) is 32.0 Å². The van der Waals surface area contributed by atoms with E-state index in [2.05, 4.69) is 19.2 Å². The smallest absolute Gasteiger partial charge is 0.151 e. The molecular weight excluding hydrogens is 222 g/mol. The van der Waals surface area contributed by atoms with Gasteiger partial charge in [0.1, 0.15) is 0 Å². The maximum atomic E-state index is 11.4. The number of sulfone groups is 1. The van der Waals surface area contributed by atoms with Gasteiger partial charge in [-0.2, -0.15) is 0 Å². The maximum absolute atomic E-state index is 11.4. The highest BCUT2D eigenvalue weighted by Crippen LogP contribution is 2.29. The Morgan fingerprint density at radius 3 is 2.44 bits per heavy atom. The Morgan fingerprint density at radius 2 is 1.88 bits per heavy atom. The lowest BCUT2D eigenvalue weighted by Crippen LogP contribution is -2.45. The minimum Gasteiger partial charge on any atom is -0.310 e. The highest BCUT2D eigenvalue weighted by atomic mass is 32.2. The standard InChI is InChI=1S/C12H23NO2S/c1-9-3-4-12(10(2)7-9)13-11-5-6-16(14,15)8-11/h9-13H,3-8H2,1-2H3. The fourth-order valence-corrected chi connectivity index (χ4v) is 4.83. The quantitative estimate of drug-likeness (QED) is 0.803. The molecule has 3 nitrogen and oxygen atoms in total. The number of hydrogen-bond acceptors (Lipinski definition) is 3. The van der Waals surface area contributed by atoms with Gasteiger partial charge in [-0.05, 0) is 37.5 Å². The van der Waals surface area contributed by atoms with Crippen LogP contribution in [0.1, 0.15) is 39.5 Å². The summed E-state index contributed by atoms with van der Waals surface area (Å²) in [7, 11) is -2.74. The molecule has 2 fully saturated rings. The van der Waals surface area contributed by atoms with E-state index in [1.54, 1.807) is 0 Å². The molecule has 0 spiro atoms. The van der Waals surface area contributed by atoms with Gasteiger partial charge in [0.15, 0.2) is 9.84 Å². The summed E-state index contributed by atoms with van der Waals surface area (Å²) in [6.45, 7) is 4.60. The molecule has 2 aliphatic rings. The van der Waals surface area contributed by atoms with Gasteiger partial charge in [0.25, 0.3) is 0 Å². The molecule has 0 aromatic rings. The topological polar surface area (TPSA) is 46.2 Å². The summed E-state index contributed by atoms with van der Waals surface area (Å²) in [6.07, 6.45) is 4.57. The molecule has 4 atom stereocenters. The summed E-state index contributed by atoms with van der Waals surface area (Å²) in [5.41, 5.74) is 0. The summed E-state index contributed by atoms with van der Waals surface area (Å²) in [4.78, 5) is 0. The van der Waals surface area contributed by atoms with Crippen LogP contribution in [-0.2, 0) is 9.84 Å². The van der Waals surface area contributed by atoms with Crippen LogP contribution in [0, 0.1) is 11.8 Å². The van der Waals surface area contributed by atoms with Crippen molar-refractivity contribution < 1.29 is 8.42 Å². The Hall–Kier alpha value is -0.0900. The molecular formula is C12H23NO2S. The molecule has 16 heavy (non-hydrogen) atoms. The zero-order chi connectivity index (χ0) is 11.8. The van der Waals surface area contributed by atoms with Crippen molar-refractivity contribution in [2.24, 2.45) is 11.8 Å². The van der Waals surface area contributed by atoms with Crippen LogP contribution in [0.4, 0.5) is 0 Å². The Kier molecular flexibility index (Phi) is 3.59. The Bertz CT molecular complexity index is 339. The van der Waals surface area contributed by atoms with Crippen LogP contribution in [0.3, 0.4) is 0 Å². The van der Waals surface area contributed by atoms with E-state index in [9.17, 15) is 8.42 Å². The van der Waals surface area contributed by atoms with Crippen molar-refractivity contribution in [3.63, 3.8) is 0 Å². The molecule has 0 bridgehead atoms. The van der Waals surface area contributed by atoms with Crippen molar-refractivity contribution >= 4 is 9.84 Å². The molecule has 1 aliphatic carbocycles. The van der Waals surface area contributed by atoms with Gasteiger partial charge in [-0.1, -0.05) is 13.8 Å². The normalized spacial score (nSPS) is 43.4. The Balaban J connectivity index is 1.86. The second-order valence-electron chi connectivity index (χ2n) is 5.77. The molecule has 1 aliphatic heterocycles. The fraction of sp³-hybridized carbons (Fsp3) is 1.00. The predicted molar refractivity (Wildman–Crippen MR) is 66.2 cm³/mol.